The number of amides is 1. The monoisotopic (exact) mass is 422 g/mol. The summed E-state index contributed by atoms with van der Waals surface area (Å²) in [5, 5.41) is 10.3. The first-order chi connectivity index (χ1) is 14.4. The molecule has 1 saturated heterocycles. The molecule has 1 amide bonds. The largest absolute Gasteiger partial charge is 0.389 e. The first kappa shape index (κ1) is 23.1. The Balaban J connectivity index is 1.52. The van der Waals surface area contributed by atoms with Crippen molar-refractivity contribution in [3.63, 3.8) is 0 Å². The summed E-state index contributed by atoms with van der Waals surface area (Å²) in [6, 6.07) is 5.73. The number of hydrogen-bond acceptors (Lipinski definition) is 5. The average Bonchev–Trinajstić information content (AvgIpc) is 3.51. The van der Waals surface area contributed by atoms with Gasteiger partial charge in [0.1, 0.15) is 5.82 Å². The van der Waals surface area contributed by atoms with Crippen molar-refractivity contribution in [1.82, 2.24) is 9.80 Å². The van der Waals surface area contributed by atoms with Crippen molar-refractivity contribution >= 4 is 5.91 Å². The summed E-state index contributed by atoms with van der Waals surface area (Å²) in [6.45, 7) is 8.88. The molecular weight excluding hydrogens is 387 g/mol. The summed E-state index contributed by atoms with van der Waals surface area (Å²) < 4.78 is 24.7. The van der Waals surface area contributed by atoms with Gasteiger partial charge in [-0.25, -0.2) is 4.39 Å². The van der Waals surface area contributed by atoms with Crippen LogP contribution in [0.2, 0.25) is 0 Å². The summed E-state index contributed by atoms with van der Waals surface area (Å²) in [6.07, 6.45) is 1.65. The van der Waals surface area contributed by atoms with Crippen LogP contribution in [0, 0.1) is 17.7 Å². The first-order valence-corrected chi connectivity index (χ1v) is 11.0. The Morgan fingerprint density at radius 2 is 2.00 bits per heavy atom. The highest BCUT2D eigenvalue weighted by atomic mass is 19.1. The lowest BCUT2D eigenvalue weighted by Crippen LogP contribution is -2.51. The quantitative estimate of drug-likeness (QED) is 0.593. The Bertz CT molecular complexity index is 666. The van der Waals surface area contributed by atoms with Crippen LogP contribution in [0.3, 0.4) is 0 Å². The average molecular weight is 423 g/mol. The number of rotatable bonds is 11. The van der Waals surface area contributed by atoms with Crippen LogP contribution in [0.15, 0.2) is 24.3 Å². The van der Waals surface area contributed by atoms with Crippen LogP contribution in [-0.4, -0.2) is 85.6 Å². The number of aliphatic hydroxyl groups excluding tert-OH is 1. The van der Waals surface area contributed by atoms with Crippen LogP contribution in [0.1, 0.15) is 37.0 Å². The van der Waals surface area contributed by atoms with Gasteiger partial charge in [0, 0.05) is 44.9 Å². The van der Waals surface area contributed by atoms with Crippen molar-refractivity contribution in [3.05, 3.63) is 35.6 Å². The lowest BCUT2D eigenvalue weighted by atomic mass is 10.1. The van der Waals surface area contributed by atoms with Gasteiger partial charge in [0.05, 0.1) is 25.4 Å². The zero-order valence-corrected chi connectivity index (χ0v) is 18.1. The first-order valence-electron chi connectivity index (χ1n) is 11.0. The van der Waals surface area contributed by atoms with E-state index in [1.807, 2.05) is 4.90 Å². The second-order valence-corrected chi connectivity index (χ2v) is 9.00. The van der Waals surface area contributed by atoms with Gasteiger partial charge >= 0.3 is 0 Å². The summed E-state index contributed by atoms with van der Waals surface area (Å²) in [5.74, 6) is 0.572. The van der Waals surface area contributed by atoms with E-state index in [-0.39, 0.29) is 17.8 Å². The smallest absolute Gasteiger partial charge is 0.253 e. The van der Waals surface area contributed by atoms with Crippen LogP contribution in [0.25, 0.3) is 0 Å². The fourth-order valence-electron chi connectivity index (χ4n) is 3.72. The molecule has 3 rings (SSSR count). The summed E-state index contributed by atoms with van der Waals surface area (Å²) in [4.78, 5) is 17.0. The second-order valence-electron chi connectivity index (χ2n) is 9.00. The van der Waals surface area contributed by atoms with Gasteiger partial charge in [-0.05, 0) is 48.9 Å². The standard InChI is InChI=1S/C23H35FN2O4/c1-17(2)15-29-16-21(27)12-25-9-10-30-22(13-25)14-26(11-18-3-4-18)23(28)19-5-7-20(24)8-6-19/h5-8,17-18,21-22,27H,3-4,9-16H2,1-2H3/t21-,22-/m1/s1. The lowest BCUT2D eigenvalue weighted by molar-refractivity contribution is -0.0599. The summed E-state index contributed by atoms with van der Waals surface area (Å²) >= 11 is 0. The molecule has 1 aliphatic heterocycles. The molecule has 0 unspecified atom stereocenters. The molecule has 0 bridgehead atoms. The molecule has 2 atom stereocenters. The van der Waals surface area contributed by atoms with Gasteiger partial charge in [0.15, 0.2) is 0 Å². The SMILES string of the molecule is CC(C)COC[C@H](O)CN1CCO[C@@H](CN(CC2CC2)C(=O)c2ccc(F)cc2)C1. The topological polar surface area (TPSA) is 62.2 Å². The van der Waals surface area contributed by atoms with E-state index in [0.29, 0.717) is 63.4 Å². The van der Waals surface area contributed by atoms with Gasteiger partial charge in [-0.15, -0.1) is 0 Å². The lowest BCUT2D eigenvalue weighted by Gasteiger charge is -2.36. The number of morpholine rings is 1. The minimum atomic E-state index is -0.536. The Morgan fingerprint density at radius 3 is 2.67 bits per heavy atom. The number of β-amino-alcohol motifs (C(OH)–C–C–N with tert-alkyl or cyclic N) is 1. The Morgan fingerprint density at radius 1 is 1.27 bits per heavy atom. The van der Waals surface area contributed by atoms with E-state index in [9.17, 15) is 14.3 Å². The fraction of sp³-hybridized carbons (Fsp3) is 0.696. The van der Waals surface area contributed by atoms with Crippen LogP contribution in [-0.2, 0) is 9.47 Å². The number of halogens is 1. The van der Waals surface area contributed by atoms with Crippen molar-refractivity contribution in [2.75, 3.05) is 52.5 Å². The van der Waals surface area contributed by atoms with Crippen molar-refractivity contribution in [1.29, 1.82) is 0 Å². The van der Waals surface area contributed by atoms with Gasteiger partial charge in [0.25, 0.3) is 5.91 Å². The molecule has 2 fully saturated rings. The van der Waals surface area contributed by atoms with Gasteiger partial charge < -0.3 is 19.5 Å². The van der Waals surface area contributed by atoms with Gasteiger partial charge in [0.2, 0.25) is 0 Å². The maximum absolute atomic E-state index is 13.2. The number of hydrogen-bond donors (Lipinski definition) is 1. The van der Waals surface area contributed by atoms with E-state index in [1.54, 1.807) is 12.1 Å². The van der Waals surface area contributed by atoms with Gasteiger partial charge in [-0.3, -0.25) is 9.69 Å². The normalized spacial score (nSPS) is 21.0. The highest BCUT2D eigenvalue weighted by molar-refractivity contribution is 5.94. The minimum Gasteiger partial charge on any atom is -0.389 e. The third-order valence-corrected chi connectivity index (χ3v) is 5.43. The predicted molar refractivity (Wildman–Crippen MR) is 113 cm³/mol. The molecule has 1 saturated carbocycles. The molecule has 1 aliphatic carbocycles. The molecule has 6 nitrogen and oxygen atoms in total. The number of benzene rings is 1. The number of aliphatic hydroxyl groups is 1. The molecule has 2 aliphatic rings. The van der Waals surface area contributed by atoms with Crippen molar-refractivity contribution in [2.45, 2.75) is 38.9 Å². The van der Waals surface area contributed by atoms with Crippen LogP contribution in [0.4, 0.5) is 4.39 Å². The molecule has 1 aromatic carbocycles. The Hall–Kier alpha value is -1.54. The highest BCUT2D eigenvalue weighted by Gasteiger charge is 2.31. The van der Waals surface area contributed by atoms with E-state index in [4.69, 9.17) is 9.47 Å². The molecule has 0 radical (unpaired) electrons. The molecule has 0 spiro atoms. The number of carbonyl (C=O) groups excluding carboxylic acids is 1. The summed E-state index contributed by atoms with van der Waals surface area (Å²) in [7, 11) is 0. The third-order valence-electron chi connectivity index (χ3n) is 5.43. The molecule has 0 aromatic heterocycles. The van der Waals surface area contributed by atoms with Crippen molar-refractivity contribution in [3.8, 4) is 0 Å². The van der Waals surface area contributed by atoms with E-state index >= 15 is 0 Å². The predicted octanol–water partition coefficient (Wildman–Crippen LogP) is 2.41. The Labute approximate surface area is 178 Å². The highest BCUT2D eigenvalue weighted by Crippen LogP contribution is 2.30. The maximum atomic E-state index is 13.2. The van der Waals surface area contributed by atoms with Crippen LogP contribution < -0.4 is 0 Å². The van der Waals surface area contributed by atoms with Crippen molar-refractivity contribution in [2.24, 2.45) is 11.8 Å². The summed E-state index contributed by atoms with van der Waals surface area (Å²) in [5.41, 5.74) is 0.502. The van der Waals surface area contributed by atoms with Crippen LogP contribution >= 0.6 is 0 Å². The molecule has 1 heterocycles. The van der Waals surface area contributed by atoms with Gasteiger partial charge in [-0.1, -0.05) is 13.8 Å². The number of ether oxygens (including phenoxy) is 2. The van der Waals surface area contributed by atoms with E-state index in [1.165, 1.54) is 12.1 Å². The van der Waals surface area contributed by atoms with Crippen LogP contribution in [0.5, 0.6) is 0 Å². The zero-order valence-electron chi connectivity index (χ0n) is 18.1. The number of nitrogens with zero attached hydrogens (tertiary/aromatic N) is 2. The number of carbonyl (C=O) groups is 1. The minimum absolute atomic E-state index is 0.0789. The van der Waals surface area contributed by atoms with E-state index in [0.717, 1.165) is 19.4 Å². The van der Waals surface area contributed by atoms with Crippen molar-refractivity contribution < 1.29 is 23.8 Å². The maximum Gasteiger partial charge on any atom is 0.253 e. The fourth-order valence-corrected chi connectivity index (χ4v) is 3.72. The van der Waals surface area contributed by atoms with E-state index < -0.39 is 6.10 Å². The molecule has 168 valence electrons. The van der Waals surface area contributed by atoms with Gasteiger partial charge in [-0.2, -0.15) is 0 Å². The van der Waals surface area contributed by atoms with E-state index in [2.05, 4.69) is 18.7 Å². The molecule has 30 heavy (non-hydrogen) atoms. The molecular formula is C23H35FN2O4. The molecule has 1 aromatic rings. The second kappa shape index (κ2) is 11.2. The molecule has 1 N–H and O–H groups in total. The Kier molecular flexibility index (Phi) is 8.62. The zero-order chi connectivity index (χ0) is 21.5. The third kappa shape index (κ3) is 7.61. The molecule has 7 heteroatoms.